The van der Waals surface area contributed by atoms with Gasteiger partial charge >= 0.3 is 0 Å². The Morgan fingerprint density at radius 2 is 1.45 bits per heavy atom. The molecule has 0 fully saturated rings. The second-order valence-corrected chi connectivity index (χ2v) is 12.3. The Hall–Kier alpha value is -3.65. The van der Waals surface area contributed by atoms with Crippen molar-refractivity contribution in [2.75, 3.05) is 17.4 Å². The standard InChI is InChI=1S/C32H41N3O4S/c1-7-26(5)33-32(37)27(6)34(18-17-28-11-9-8-10-12-28)31(36)22-35(29-20-24(3)19-25(4)21-29)40(38,39)30-15-13-23(2)14-16-30/h8-16,19-21,26-27H,7,17-18,22H2,1-6H3,(H,33,37)/t26-,27+/m1/s1. The third-order valence-electron chi connectivity index (χ3n) is 7.03. The molecule has 3 aromatic rings. The van der Waals surface area contributed by atoms with Gasteiger partial charge in [0.25, 0.3) is 10.0 Å². The van der Waals surface area contributed by atoms with Crippen LogP contribution >= 0.6 is 0 Å². The molecule has 2 amide bonds. The number of amides is 2. The SMILES string of the molecule is CC[C@@H](C)NC(=O)[C@H](C)N(CCc1ccccc1)C(=O)CN(c1cc(C)cc(C)c1)S(=O)(=O)c1ccc(C)cc1. The van der Waals surface area contributed by atoms with Crippen LogP contribution in [0.1, 0.15) is 49.4 Å². The molecule has 0 unspecified atom stereocenters. The second-order valence-electron chi connectivity index (χ2n) is 10.5. The minimum atomic E-state index is -4.08. The first-order valence-corrected chi connectivity index (χ1v) is 15.2. The van der Waals surface area contributed by atoms with E-state index in [1.807, 2.05) is 71.0 Å². The molecule has 0 saturated heterocycles. The van der Waals surface area contributed by atoms with Gasteiger partial charge in [-0.1, -0.05) is 61.0 Å². The summed E-state index contributed by atoms with van der Waals surface area (Å²) in [5.74, 6) is -0.715. The van der Waals surface area contributed by atoms with Crippen LogP contribution in [0.25, 0.3) is 0 Å². The average Bonchev–Trinajstić information content (AvgIpc) is 2.91. The van der Waals surface area contributed by atoms with Crippen LogP contribution in [0.15, 0.2) is 77.7 Å². The Morgan fingerprint density at radius 1 is 0.850 bits per heavy atom. The summed E-state index contributed by atoms with van der Waals surface area (Å²) in [6, 6.07) is 21.0. The van der Waals surface area contributed by atoms with Crippen LogP contribution in [0.4, 0.5) is 5.69 Å². The number of nitrogens with one attached hydrogen (secondary N) is 1. The van der Waals surface area contributed by atoms with E-state index >= 15 is 0 Å². The fourth-order valence-corrected chi connectivity index (χ4v) is 5.89. The molecule has 0 aliphatic rings. The van der Waals surface area contributed by atoms with E-state index in [4.69, 9.17) is 0 Å². The quantitative estimate of drug-likeness (QED) is 0.329. The molecule has 0 radical (unpaired) electrons. The molecule has 2 atom stereocenters. The van der Waals surface area contributed by atoms with E-state index in [1.54, 1.807) is 43.3 Å². The van der Waals surface area contributed by atoms with Crippen molar-refractivity contribution in [2.45, 2.75) is 71.4 Å². The van der Waals surface area contributed by atoms with Gasteiger partial charge in [-0.05, 0) is 88.4 Å². The topological polar surface area (TPSA) is 86.8 Å². The van der Waals surface area contributed by atoms with Crippen molar-refractivity contribution in [1.29, 1.82) is 0 Å². The molecule has 0 aliphatic heterocycles. The summed E-state index contributed by atoms with van der Waals surface area (Å²) in [7, 11) is -4.08. The first kappa shape index (κ1) is 30.9. The predicted molar refractivity (Wildman–Crippen MR) is 161 cm³/mol. The van der Waals surface area contributed by atoms with Gasteiger partial charge < -0.3 is 10.2 Å². The number of benzene rings is 3. The Balaban J connectivity index is 2.01. The molecule has 0 bridgehead atoms. The summed E-state index contributed by atoms with van der Waals surface area (Å²) in [4.78, 5) is 28.7. The highest BCUT2D eigenvalue weighted by molar-refractivity contribution is 7.92. The Kier molecular flexibility index (Phi) is 10.5. The molecule has 214 valence electrons. The van der Waals surface area contributed by atoms with Crippen LogP contribution in [0.5, 0.6) is 0 Å². The number of nitrogens with zero attached hydrogens (tertiary/aromatic N) is 2. The van der Waals surface area contributed by atoms with Gasteiger partial charge in [0.05, 0.1) is 10.6 Å². The molecule has 8 heteroatoms. The minimum Gasteiger partial charge on any atom is -0.352 e. The lowest BCUT2D eigenvalue weighted by atomic mass is 10.1. The van der Waals surface area contributed by atoms with Gasteiger partial charge in [-0.25, -0.2) is 8.42 Å². The number of rotatable bonds is 12. The monoisotopic (exact) mass is 563 g/mol. The summed E-state index contributed by atoms with van der Waals surface area (Å²) in [6.07, 6.45) is 1.29. The average molecular weight is 564 g/mol. The number of carbonyl (C=O) groups excluding carboxylic acids is 2. The zero-order valence-corrected chi connectivity index (χ0v) is 25.2. The molecular weight excluding hydrogens is 522 g/mol. The molecular formula is C32H41N3O4S. The lowest BCUT2D eigenvalue weighted by Crippen LogP contribution is -2.53. The third-order valence-corrected chi connectivity index (χ3v) is 8.82. The van der Waals surface area contributed by atoms with Gasteiger partial charge in [-0.15, -0.1) is 0 Å². The van der Waals surface area contributed by atoms with Gasteiger partial charge in [0.1, 0.15) is 12.6 Å². The van der Waals surface area contributed by atoms with Gasteiger partial charge in [0.15, 0.2) is 0 Å². The minimum absolute atomic E-state index is 0.0466. The molecule has 1 N–H and O–H groups in total. The number of anilines is 1. The maximum absolute atomic E-state index is 14.0. The summed E-state index contributed by atoms with van der Waals surface area (Å²) in [5.41, 5.74) is 4.13. The summed E-state index contributed by atoms with van der Waals surface area (Å²) in [5, 5.41) is 2.96. The Morgan fingerprint density at radius 3 is 2.02 bits per heavy atom. The number of sulfonamides is 1. The van der Waals surface area contributed by atoms with Crippen LogP contribution in [0.3, 0.4) is 0 Å². The van der Waals surface area contributed by atoms with E-state index in [0.717, 1.165) is 33.0 Å². The summed E-state index contributed by atoms with van der Waals surface area (Å²) in [6.45, 7) is 11.1. The maximum atomic E-state index is 14.0. The molecule has 3 rings (SSSR count). The van der Waals surface area contributed by atoms with Crippen LogP contribution in [0.2, 0.25) is 0 Å². The molecule has 0 aromatic heterocycles. The number of aryl methyl sites for hydroxylation is 3. The largest absolute Gasteiger partial charge is 0.352 e. The fourth-order valence-electron chi connectivity index (χ4n) is 4.50. The first-order valence-electron chi connectivity index (χ1n) is 13.7. The predicted octanol–water partition coefficient (Wildman–Crippen LogP) is 5.18. The van der Waals surface area contributed by atoms with Gasteiger partial charge in [0.2, 0.25) is 11.8 Å². The summed E-state index contributed by atoms with van der Waals surface area (Å²) >= 11 is 0. The molecule has 40 heavy (non-hydrogen) atoms. The van der Waals surface area contributed by atoms with E-state index in [2.05, 4.69) is 5.32 Å². The number of hydrogen-bond donors (Lipinski definition) is 1. The maximum Gasteiger partial charge on any atom is 0.264 e. The van der Waals surface area contributed by atoms with E-state index < -0.39 is 28.5 Å². The third kappa shape index (κ3) is 7.94. The smallest absolute Gasteiger partial charge is 0.264 e. The van der Waals surface area contributed by atoms with Crippen molar-refractivity contribution in [3.05, 3.63) is 95.1 Å². The van der Waals surface area contributed by atoms with Crippen molar-refractivity contribution >= 4 is 27.5 Å². The zero-order chi connectivity index (χ0) is 29.4. The van der Waals surface area contributed by atoms with Crippen LogP contribution in [0, 0.1) is 20.8 Å². The second kappa shape index (κ2) is 13.6. The van der Waals surface area contributed by atoms with Gasteiger partial charge in [-0.3, -0.25) is 13.9 Å². The first-order chi connectivity index (χ1) is 18.9. The summed E-state index contributed by atoms with van der Waals surface area (Å²) < 4.78 is 29.1. The highest BCUT2D eigenvalue weighted by atomic mass is 32.2. The highest BCUT2D eigenvalue weighted by Crippen LogP contribution is 2.26. The lowest BCUT2D eigenvalue weighted by molar-refractivity contribution is -0.139. The highest BCUT2D eigenvalue weighted by Gasteiger charge is 2.32. The molecule has 0 aliphatic carbocycles. The van der Waals surface area contributed by atoms with Crippen molar-refractivity contribution in [1.82, 2.24) is 10.2 Å². The molecule has 7 nitrogen and oxygen atoms in total. The van der Waals surface area contributed by atoms with E-state index in [1.165, 1.54) is 4.90 Å². The Bertz CT molecular complexity index is 1390. The van der Waals surface area contributed by atoms with Crippen LogP contribution in [-0.2, 0) is 26.0 Å². The van der Waals surface area contributed by atoms with E-state index in [-0.39, 0.29) is 23.4 Å². The van der Waals surface area contributed by atoms with Gasteiger partial charge in [-0.2, -0.15) is 0 Å². The van der Waals surface area contributed by atoms with Gasteiger partial charge in [0, 0.05) is 12.6 Å². The molecule has 0 spiro atoms. The lowest BCUT2D eigenvalue weighted by Gasteiger charge is -2.32. The van der Waals surface area contributed by atoms with Crippen molar-refractivity contribution in [3.63, 3.8) is 0 Å². The molecule has 0 heterocycles. The number of carbonyl (C=O) groups is 2. The van der Waals surface area contributed by atoms with Crippen molar-refractivity contribution in [3.8, 4) is 0 Å². The van der Waals surface area contributed by atoms with Crippen molar-refractivity contribution in [2.24, 2.45) is 0 Å². The van der Waals surface area contributed by atoms with Crippen molar-refractivity contribution < 1.29 is 18.0 Å². The number of hydrogen-bond acceptors (Lipinski definition) is 4. The zero-order valence-electron chi connectivity index (χ0n) is 24.3. The van der Waals surface area contributed by atoms with Crippen LogP contribution in [-0.4, -0.2) is 50.3 Å². The molecule has 0 saturated carbocycles. The normalized spacial score (nSPS) is 12.8. The molecule has 3 aromatic carbocycles. The fraction of sp³-hybridized carbons (Fsp3) is 0.375. The Labute approximate surface area is 239 Å². The van der Waals surface area contributed by atoms with E-state index in [0.29, 0.717) is 12.1 Å². The van der Waals surface area contributed by atoms with Crippen LogP contribution < -0.4 is 9.62 Å². The van der Waals surface area contributed by atoms with E-state index in [9.17, 15) is 18.0 Å².